The van der Waals surface area contributed by atoms with Crippen LogP contribution in [-0.2, 0) is 50.6 Å². The predicted octanol–water partition coefficient (Wildman–Crippen LogP) is -1.95. The number of fused-ring (bicyclic) bond motifs is 1. The lowest BCUT2D eigenvalue weighted by Crippen LogP contribution is -2.46. The molecule has 0 aromatic carbocycles. The summed E-state index contributed by atoms with van der Waals surface area (Å²) >= 11 is 0. The molecule has 1 fully saturated rings. The molecule has 2 aromatic heterocycles. The van der Waals surface area contributed by atoms with Crippen LogP contribution in [0.25, 0.3) is 11.2 Å². The second-order valence-corrected chi connectivity index (χ2v) is 15.3. The number of aliphatic hydroxyl groups excluding tert-OH is 2. The highest BCUT2D eigenvalue weighted by Gasteiger charge is 2.50. The van der Waals surface area contributed by atoms with Gasteiger partial charge in [0.15, 0.2) is 17.7 Å². The van der Waals surface area contributed by atoms with Crippen LogP contribution >= 0.6 is 23.5 Å². The number of nitrogens with two attached hydrogens (primary N) is 1. The third-order valence-electron chi connectivity index (χ3n) is 6.71. The average Bonchev–Trinajstić information content (AvgIpc) is 3.55. The SMILES string of the molecule is COCCNC(=O)CCNC(=O)C(O)C(C)(C)COP(=O)(O)OP(=O)(O)OCC1OC(n2cnc3c(N)ncnc32)C(O)C1OP(=O)(O)O. The van der Waals surface area contributed by atoms with Gasteiger partial charge in [0, 0.05) is 32.0 Å². The molecule has 7 unspecified atom stereocenters. The molecule has 0 bridgehead atoms. The summed E-state index contributed by atoms with van der Waals surface area (Å²) in [7, 11) is -14.9. The number of amides is 2. The zero-order valence-corrected chi connectivity index (χ0v) is 28.8. The van der Waals surface area contributed by atoms with Gasteiger partial charge in [0.1, 0.15) is 36.3 Å². The number of phosphoric acid groups is 3. The maximum Gasteiger partial charge on any atom is 0.481 e. The molecule has 27 heteroatoms. The Labute approximate surface area is 277 Å². The van der Waals surface area contributed by atoms with E-state index in [4.69, 9.17) is 24.3 Å². The van der Waals surface area contributed by atoms with Crippen molar-refractivity contribution in [3.63, 3.8) is 0 Å². The monoisotopic (exact) mass is 765 g/mol. The summed E-state index contributed by atoms with van der Waals surface area (Å²) < 4.78 is 66.6. The van der Waals surface area contributed by atoms with E-state index in [9.17, 15) is 53.1 Å². The Morgan fingerprint density at radius 3 is 2.41 bits per heavy atom. The van der Waals surface area contributed by atoms with Crippen LogP contribution in [0.2, 0.25) is 0 Å². The first-order chi connectivity index (χ1) is 22.7. The first-order valence-electron chi connectivity index (χ1n) is 14.0. The molecule has 3 heterocycles. The van der Waals surface area contributed by atoms with Gasteiger partial charge in [-0.1, -0.05) is 13.8 Å². The molecule has 278 valence electrons. The Morgan fingerprint density at radius 2 is 1.76 bits per heavy atom. The molecule has 1 aliphatic rings. The standard InChI is InChI=1S/C22H38N7O17P3/c1-22(2,17(32)20(33)25-5-4-13(30)24-6-7-41-3)9-43-49(39,40)46-48(37,38)42-8-12-16(45-47(34,35)36)15(31)21(44-12)29-11-28-14-18(23)26-10-27-19(14)29/h10-12,15-17,21,31-32H,4-9H2,1-3H3,(H,24,30)(H,25,33)(H,37,38)(H,39,40)(H2,23,26,27)(H2,34,35,36). The maximum absolute atomic E-state index is 12.6. The van der Waals surface area contributed by atoms with Crippen LogP contribution in [0.4, 0.5) is 5.82 Å². The van der Waals surface area contributed by atoms with Gasteiger partial charge < -0.3 is 55.6 Å². The number of aromatic nitrogens is 4. The summed E-state index contributed by atoms with van der Waals surface area (Å²) in [6, 6.07) is 0. The van der Waals surface area contributed by atoms with E-state index < -0.39 is 84.6 Å². The highest BCUT2D eigenvalue weighted by atomic mass is 31.3. The number of methoxy groups -OCH3 is 1. The molecular weight excluding hydrogens is 727 g/mol. The number of aliphatic hydroxyl groups is 2. The van der Waals surface area contributed by atoms with E-state index in [2.05, 4.69) is 34.4 Å². The van der Waals surface area contributed by atoms with Gasteiger partial charge >= 0.3 is 23.5 Å². The predicted molar refractivity (Wildman–Crippen MR) is 162 cm³/mol. The number of rotatable bonds is 19. The van der Waals surface area contributed by atoms with Gasteiger partial charge in [-0.2, -0.15) is 4.31 Å². The van der Waals surface area contributed by atoms with Gasteiger partial charge in [-0.3, -0.25) is 27.7 Å². The van der Waals surface area contributed by atoms with Crippen LogP contribution in [0, 0.1) is 5.41 Å². The van der Waals surface area contributed by atoms with Gasteiger partial charge in [-0.15, -0.1) is 0 Å². The van der Waals surface area contributed by atoms with E-state index in [0.717, 1.165) is 17.2 Å². The van der Waals surface area contributed by atoms with E-state index >= 15 is 0 Å². The van der Waals surface area contributed by atoms with E-state index in [0.29, 0.717) is 0 Å². The lowest BCUT2D eigenvalue weighted by Gasteiger charge is -2.30. The molecule has 24 nitrogen and oxygen atoms in total. The summed E-state index contributed by atoms with van der Waals surface area (Å²) in [6.07, 6.45) is -6.78. The van der Waals surface area contributed by atoms with Crippen molar-refractivity contribution in [3.05, 3.63) is 12.7 Å². The first-order valence-corrected chi connectivity index (χ1v) is 18.6. The molecule has 0 saturated carbocycles. The van der Waals surface area contributed by atoms with E-state index in [-0.39, 0.29) is 43.1 Å². The van der Waals surface area contributed by atoms with Crippen LogP contribution < -0.4 is 16.4 Å². The van der Waals surface area contributed by atoms with Gasteiger partial charge in [-0.25, -0.2) is 28.6 Å². The molecule has 1 saturated heterocycles. The zero-order chi connectivity index (χ0) is 36.8. The van der Waals surface area contributed by atoms with Crippen molar-refractivity contribution in [2.45, 2.75) is 50.9 Å². The third-order valence-corrected chi connectivity index (χ3v) is 9.81. The molecule has 10 N–H and O–H groups in total. The van der Waals surface area contributed by atoms with E-state index in [1.807, 2.05) is 0 Å². The van der Waals surface area contributed by atoms with Crippen molar-refractivity contribution in [2.24, 2.45) is 5.41 Å². The van der Waals surface area contributed by atoms with Crippen molar-refractivity contribution >= 4 is 52.3 Å². The minimum Gasteiger partial charge on any atom is -0.386 e. The number of imidazole rings is 1. The van der Waals surface area contributed by atoms with Crippen molar-refractivity contribution in [3.8, 4) is 0 Å². The fourth-order valence-electron chi connectivity index (χ4n) is 4.23. The molecule has 0 spiro atoms. The molecule has 49 heavy (non-hydrogen) atoms. The Kier molecular flexibility index (Phi) is 13.9. The van der Waals surface area contributed by atoms with Crippen molar-refractivity contribution < 1.29 is 80.4 Å². The number of hydrogen-bond donors (Lipinski definition) is 9. The second kappa shape index (κ2) is 16.7. The largest absolute Gasteiger partial charge is 0.481 e. The number of nitrogens with zero attached hydrogens (tertiary/aromatic N) is 4. The van der Waals surface area contributed by atoms with Gasteiger partial charge in [0.25, 0.3) is 0 Å². The molecule has 0 radical (unpaired) electrons. The van der Waals surface area contributed by atoms with Gasteiger partial charge in [0.2, 0.25) is 11.8 Å². The number of anilines is 1. The highest BCUT2D eigenvalue weighted by molar-refractivity contribution is 7.61. The normalized spacial score (nSPS) is 23.1. The zero-order valence-electron chi connectivity index (χ0n) is 26.2. The minimum absolute atomic E-state index is 0.0363. The van der Waals surface area contributed by atoms with Gasteiger partial charge in [0.05, 0.1) is 26.1 Å². The number of nitrogens with one attached hydrogen (secondary N) is 2. The number of ether oxygens (including phenoxy) is 2. The first kappa shape index (κ1) is 40.9. The summed E-state index contributed by atoms with van der Waals surface area (Å²) in [5.74, 6) is -1.38. The number of hydrogen-bond acceptors (Lipinski definition) is 17. The highest BCUT2D eigenvalue weighted by Crippen LogP contribution is 2.61. The quantitative estimate of drug-likeness (QED) is 0.0554. The Bertz CT molecular complexity index is 1610. The van der Waals surface area contributed by atoms with E-state index in [1.165, 1.54) is 21.0 Å². The van der Waals surface area contributed by atoms with Crippen LogP contribution in [0.5, 0.6) is 0 Å². The summed E-state index contributed by atoms with van der Waals surface area (Å²) in [5.41, 5.74) is 4.29. The van der Waals surface area contributed by atoms with Crippen molar-refractivity contribution in [2.75, 3.05) is 45.8 Å². The third kappa shape index (κ3) is 11.8. The van der Waals surface area contributed by atoms with Crippen LogP contribution in [0.15, 0.2) is 12.7 Å². The Hall–Kier alpha value is -2.50. The Morgan fingerprint density at radius 1 is 1.08 bits per heavy atom. The lowest BCUT2D eigenvalue weighted by molar-refractivity contribution is -0.137. The maximum atomic E-state index is 12.6. The topological polar surface area (TPSA) is 356 Å². The number of carbonyl (C=O) groups excluding carboxylic acids is 2. The summed E-state index contributed by atoms with van der Waals surface area (Å²) in [6.45, 7) is 0.922. The van der Waals surface area contributed by atoms with Crippen LogP contribution in [0.1, 0.15) is 26.5 Å². The smallest absolute Gasteiger partial charge is 0.386 e. The van der Waals surface area contributed by atoms with Crippen LogP contribution in [0.3, 0.4) is 0 Å². The molecule has 7 atom stereocenters. The molecule has 2 amide bonds. The summed E-state index contributed by atoms with van der Waals surface area (Å²) in [4.78, 5) is 74.8. The fourth-order valence-corrected chi connectivity index (χ4v) is 7.06. The molecule has 1 aliphatic heterocycles. The molecule has 2 aromatic rings. The molecular formula is C22H38N7O17P3. The lowest BCUT2D eigenvalue weighted by atomic mass is 9.87. The minimum atomic E-state index is -5.54. The van der Waals surface area contributed by atoms with Crippen molar-refractivity contribution in [1.82, 2.24) is 30.2 Å². The number of carbonyl (C=O) groups is 2. The average molecular weight is 766 g/mol. The molecule has 0 aliphatic carbocycles. The van der Waals surface area contributed by atoms with Crippen LogP contribution in [-0.4, -0.2) is 126 Å². The van der Waals surface area contributed by atoms with Crippen molar-refractivity contribution in [1.29, 1.82) is 0 Å². The fraction of sp³-hybridized carbons (Fsp3) is 0.682. The number of nitrogen functional groups attached to an aromatic ring is 1. The number of phosphoric ester groups is 3. The Balaban J connectivity index is 1.59. The van der Waals surface area contributed by atoms with E-state index in [1.54, 1.807) is 0 Å². The second-order valence-electron chi connectivity index (χ2n) is 11.1. The molecule has 3 rings (SSSR count). The summed E-state index contributed by atoms with van der Waals surface area (Å²) in [5, 5.41) is 26.1. The van der Waals surface area contributed by atoms with Gasteiger partial charge in [-0.05, 0) is 0 Å².